The maximum Gasteiger partial charge on any atom is 0.417 e. The lowest BCUT2D eigenvalue weighted by atomic mass is 9.79. The molecular weight excluding hydrogens is 567 g/mol. The Morgan fingerprint density at radius 1 is 1.12 bits per heavy atom. The van der Waals surface area contributed by atoms with Crippen LogP contribution in [-0.4, -0.2) is 53.7 Å². The van der Waals surface area contributed by atoms with Gasteiger partial charge in [-0.15, -0.1) is 0 Å². The maximum atomic E-state index is 13.8. The Kier molecular flexibility index (Phi) is 10.8. The van der Waals surface area contributed by atoms with Crippen molar-refractivity contribution in [2.24, 2.45) is 11.3 Å². The van der Waals surface area contributed by atoms with Crippen LogP contribution in [0.2, 0.25) is 0 Å². The van der Waals surface area contributed by atoms with Crippen LogP contribution in [0.25, 0.3) is 0 Å². The number of amides is 2. The molecule has 0 aromatic heterocycles. The number of imide groups is 1. The summed E-state index contributed by atoms with van der Waals surface area (Å²) in [7, 11) is 0. The molecule has 0 saturated heterocycles. The van der Waals surface area contributed by atoms with Crippen molar-refractivity contribution in [1.29, 1.82) is 5.26 Å². The van der Waals surface area contributed by atoms with Gasteiger partial charge in [0.25, 0.3) is 5.91 Å². The summed E-state index contributed by atoms with van der Waals surface area (Å²) in [5.74, 6) is -2.42. The molecule has 232 valence electrons. The number of carbonyl (C=O) groups is 3. The van der Waals surface area contributed by atoms with Crippen molar-refractivity contribution in [2.45, 2.75) is 65.8 Å². The molecule has 0 spiro atoms. The van der Waals surface area contributed by atoms with E-state index >= 15 is 0 Å². The van der Waals surface area contributed by atoms with Gasteiger partial charge in [0.2, 0.25) is 5.91 Å². The van der Waals surface area contributed by atoms with Crippen LogP contribution >= 0.6 is 0 Å². The van der Waals surface area contributed by atoms with Crippen molar-refractivity contribution in [3.8, 4) is 11.8 Å². The zero-order chi connectivity index (χ0) is 31.9. The van der Waals surface area contributed by atoms with E-state index in [4.69, 9.17) is 19.8 Å². The third-order valence-electron chi connectivity index (χ3n) is 7.22. The predicted molar refractivity (Wildman–Crippen MR) is 151 cm³/mol. The second-order valence-corrected chi connectivity index (χ2v) is 11.3. The first-order valence-electron chi connectivity index (χ1n) is 14.0. The number of benzene rings is 2. The summed E-state index contributed by atoms with van der Waals surface area (Å²) in [5.41, 5.74) is -1.11. The third-order valence-corrected chi connectivity index (χ3v) is 7.22. The van der Waals surface area contributed by atoms with Crippen molar-refractivity contribution in [2.75, 3.05) is 25.1 Å². The molecule has 0 bridgehead atoms. The van der Waals surface area contributed by atoms with Gasteiger partial charge in [-0.05, 0) is 81.0 Å². The number of aliphatic carboxylic acids is 1. The fraction of sp³-hybridized carbons (Fsp3) is 0.484. The van der Waals surface area contributed by atoms with Crippen molar-refractivity contribution in [3.63, 3.8) is 0 Å². The molecule has 12 heteroatoms. The Labute approximate surface area is 248 Å². The first-order chi connectivity index (χ1) is 20.2. The van der Waals surface area contributed by atoms with Crippen LogP contribution in [0.1, 0.15) is 74.0 Å². The van der Waals surface area contributed by atoms with Crippen LogP contribution in [0, 0.1) is 22.7 Å². The molecule has 2 N–H and O–H groups in total. The summed E-state index contributed by atoms with van der Waals surface area (Å²) in [5, 5.41) is 20.9. The third kappa shape index (κ3) is 8.26. The van der Waals surface area contributed by atoms with E-state index in [9.17, 15) is 27.6 Å². The van der Waals surface area contributed by atoms with E-state index in [-0.39, 0.29) is 24.8 Å². The van der Waals surface area contributed by atoms with Gasteiger partial charge < -0.3 is 19.9 Å². The molecule has 0 fully saturated rings. The molecule has 1 aliphatic rings. The number of fused-ring (bicyclic) bond motifs is 1. The average Bonchev–Trinajstić information content (AvgIpc) is 3.26. The second kappa shape index (κ2) is 13.9. The highest BCUT2D eigenvalue weighted by Gasteiger charge is 2.46. The number of hydrogen-bond acceptors (Lipinski definition) is 7. The number of nitrogens with zero attached hydrogens (tertiary/aromatic N) is 2. The quantitative estimate of drug-likeness (QED) is 0.257. The highest BCUT2D eigenvalue weighted by molar-refractivity contribution is 6.09. The van der Waals surface area contributed by atoms with Crippen LogP contribution < -0.4 is 10.1 Å². The van der Waals surface area contributed by atoms with E-state index in [0.29, 0.717) is 24.3 Å². The Morgan fingerprint density at radius 3 is 2.47 bits per heavy atom. The smallest absolute Gasteiger partial charge is 0.417 e. The van der Waals surface area contributed by atoms with Crippen molar-refractivity contribution in [1.82, 2.24) is 4.90 Å². The highest BCUT2D eigenvalue weighted by atomic mass is 19.4. The SMILES string of the molecule is CC(C)C(Oc1ccc(C#N)c(C(F)(F)F)c1)C(C)(C)C(=O)N1Cc2cc(NCCCCCOCC(=O)O)ccc2C1=O. The summed E-state index contributed by atoms with van der Waals surface area (Å²) < 4.78 is 51.5. The number of ether oxygens (including phenoxy) is 2. The van der Waals surface area contributed by atoms with E-state index in [2.05, 4.69) is 5.32 Å². The first kappa shape index (κ1) is 33.4. The number of alkyl halides is 3. The van der Waals surface area contributed by atoms with Crippen LogP contribution in [0.3, 0.4) is 0 Å². The number of unbranched alkanes of at least 4 members (excludes halogenated alkanes) is 2. The van der Waals surface area contributed by atoms with Gasteiger partial charge >= 0.3 is 12.1 Å². The van der Waals surface area contributed by atoms with Crippen LogP contribution in [0.4, 0.5) is 18.9 Å². The van der Waals surface area contributed by atoms with Crippen molar-refractivity contribution in [3.05, 3.63) is 58.7 Å². The average molecular weight is 604 g/mol. The van der Waals surface area contributed by atoms with Crippen LogP contribution in [-0.2, 0) is 27.0 Å². The van der Waals surface area contributed by atoms with E-state index < -0.39 is 46.6 Å². The molecular formula is C31H36F3N3O6. The molecule has 0 radical (unpaired) electrons. The molecule has 2 aromatic carbocycles. The van der Waals surface area contributed by atoms with Gasteiger partial charge in [-0.2, -0.15) is 18.4 Å². The molecule has 0 aliphatic carbocycles. The Morgan fingerprint density at radius 2 is 1.84 bits per heavy atom. The number of hydrogen-bond donors (Lipinski definition) is 2. The molecule has 3 rings (SSSR count). The highest BCUT2D eigenvalue weighted by Crippen LogP contribution is 2.38. The lowest BCUT2D eigenvalue weighted by Crippen LogP contribution is -2.51. The fourth-order valence-corrected chi connectivity index (χ4v) is 5.15. The molecule has 1 atom stereocenters. The maximum absolute atomic E-state index is 13.8. The molecule has 9 nitrogen and oxygen atoms in total. The number of carboxylic acid groups (broad SMARTS) is 1. The minimum Gasteiger partial charge on any atom is -0.489 e. The predicted octanol–water partition coefficient (Wildman–Crippen LogP) is 5.87. The number of nitrogens with one attached hydrogen (secondary N) is 1. The Balaban J connectivity index is 1.67. The minimum absolute atomic E-state index is 0.0484. The zero-order valence-electron chi connectivity index (χ0n) is 24.6. The van der Waals surface area contributed by atoms with E-state index in [1.807, 2.05) is 6.07 Å². The summed E-state index contributed by atoms with van der Waals surface area (Å²) in [6, 6.07) is 9.83. The Hall–Kier alpha value is -4.11. The van der Waals surface area contributed by atoms with Gasteiger partial charge in [-0.1, -0.05) is 13.8 Å². The summed E-state index contributed by atoms with van der Waals surface area (Å²) in [6.07, 6.45) is -3.26. The summed E-state index contributed by atoms with van der Waals surface area (Å²) >= 11 is 0. The van der Waals surface area contributed by atoms with Crippen molar-refractivity contribution < 1.29 is 42.1 Å². The molecule has 0 saturated carbocycles. The molecule has 2 amide bonds. The number of carboxylic acids is 1. The van der Waals surface area contributed by atoms with E-state index in [0.717, 1.165) is 42.0 Å². The minimum atomic E-state index is -4.76. The summed E-state index contributed by atoms with van der Waals surface area (Å²) in [6.45, 7) is 7.51. The topological polar surface area (TPSA) is 129 Å². The van der Waals surface area contributed by atoms with Crippen LogP contribution in [0.15, 0.2) is 36.4 Å². The molecule has 2 aromatic rings. The van der Waals surface area contributed by atoms with Gasteiger partial charge in [0.05, 0.1) is 29.2 Å². The van der Waals surface area contributed by atoms with Gasteiger partial charge in [-0.25, -0.2) is 4.79 Å². The monoisotopic (exact) mass is 603 g/mol. The number of anilines is 1. The Bertz CT molecular complexity index is 1380. The number of carbonyl (C=O) groups excluding carboxylic acids is 2. The number of rotatable bonds is 14. The standard InChI is InChI=1S/C31H36F3N3O6/c1-19(2)27(43-23-10-8-20(16-35)25(15-23)31(32,33)34)30(3,4)29(41)37-17-21-14-22(9-11-24(21)28(37)40)36-12-6-5-7-13-42-18-26(38)39/h8-11,14-15,19,27,36H,5-7,12-13,17-18H2,1-4H3,(H,38,39). The molecule has 1 unspecified atom stereocenters. The number of halogens is 3. The van der Waals surface area contributed by atoms with E-state index in [1.165, 1.54) is 12.1 Å². The van der Waals surface area contributed by atoms with E-state index in [1.54, 1.807) is 39.8 Å². The summed E-state index contributed by atoms with van der Waals surface area (Å²) in [4.78, 5) is 38.6. The first-order valence-corrected chi connectivity index (χ1v) is 14.0. The fourth-order valence-electron chi connectivity index (χ4n) is 5.15. The zero-order valence-corrected chi connectivity index (χ0v) is 24.6. The largest absolute Gasteiger partial charge is 0.489 e. The van der Waals surface area contributed by atoms with Crippen molar-refractivity contribution >= 4 is 23.5 Å². The lowest BCUT2D eigenvalue weighted by molar-refractivity contribution is -0.145. The molecule has 43 heavy (non-hydrogen) atoms. The molecule has 1 aliphatic heterocycles. The van der Waals surface area contributed by atoms with Gasteiger partial charge in [0.1, 0.15) is 18.5 Å². The van der Waals surface area contributed by atoms with Crippen LogP contribution in [0.5, 0.6) is 5.75 Å². The normalized spacial score (nSPS) is 13.9. The van der Waals surface area contributed by atoms with Gasteiger partial charge in [0.15, 0.2) is 0 Å². The molecule has 1 heterocycles. The number of nitriles is 1. The lowest BCUT2D eigenvalue weighted by Gasteiger charge is -2.38. The second-order valence-electron chi connectivity index (χ2n) is 11.3. The van der Waals surface area contributed by atoms with Gasteiger partial charge in [-0.3, -0.25) is 14.5 Å². The van der Waals surface area contributed by atoms with Gasteiger partial charge in [0, 0.05) is 24.4 Å².